The van der Waals surface area contributed by atoms with Crippen molar-refractivity contribution in [3.8, 4) is 51.2 Å². The fraction of sp³-hybridized carbons (Fsp3) is 0.0156. The zero-order valence-corrected chi connectivity index (χ0v) is 38.8. The maximum Gasteiger partial charge on any atom is 0.240 e. The molecule has 0 radical (unpaired) electrons. The second-order valence-electron chi connectivity index (χ2n) is 19.3. The van der Waals surface area contributed by atoms with Crippen LogP contribution in [0.1, 0.15) is 22.3 Å². The summed E-state index contributed by atoms with van der Waals surface area (Å²) >= 11 is 0. The van der Waals surface area contributed by atoms with Crippen LogP contribution in [0.4, 0.5) is 17.6 Å². The summed E-state index contributed by atoms with van der Waals surface area (Å²) in [5.74, 6) is -1.26. The topological polar surface area (TPSA) is 53.5 Å². The molecule has 16 rings (SSSR count). The molecule has 2 aliphatic carbocycles. The molecule has 348 valence electrons. The number of hydrogen-bond acceptors (Lipinski definition) is 3. The molecule has 0 bridgehead atoms. The van der Waals surface area contributed by atoms with E-state index in [1.807, 2.05) is 6.07 Å². The van der Waals surface area contributed by atoms with E-state index in [1.165, 1.54) is 59.3 Å². The molecule has 10 aromatic carbocycles. The highest BCUT2D eigenvalue weighted by Gasteiger charge is 2.52. The van der Waals surface area contributed by atoms with Gasteiger partial charge >= 0.3 is 0 Å². The van der Waals surface area contributed by atoms with E-state index in [2.05, 4.69) is 132 Å². The Hall–Kier alpha value is -9.67. The molecule has 4 heterocycles. The lowest BCUT2D eigenvalue weighted by Crippen LogP contribution is -2.26. The zero-order valence-electron chi connectivity index (χ0n) is 38.8. The van der Waals surface area contributed by atoms with Crippen LogP contribution in [0, 0.1) is 23.3 Å². The quantitative estimate of drug-likeness (QED) is 0.165. The number of halogens is 4. The molecule has 0 amide bonds. The van der Waals surface area contributed by atoms with Crippen LogP contribution >= 0.6 is 0 Å². The zero-order chi connectivity index (χ0) is 49.1. The highest BCUT2D eigenvalue weighted by atomic mass is 19.1. The van der Waals surface area contributed by atoms with Crippen molar-refractivity contribution in [1.29, 1.82) is 0 Å². The fourth-order valence-corrected chi connectivity index (χ4v) is 12.7. The second kappa shape index (κ2) is 14.7. The molecule has 0 fully saturated rings. The van der Waals surface area contributed by atoms with Gasteiger partial charge in [0, 0.05) is 43.6 Å². The number of para-hydroxylation sites is 2. The van der Waals surface area contributed by atoms with E-state index >= 15 is 17.6 Å². The molecule has 0 aliphatic heterocycles. The lowest BCUT2D eigenvalue weighted by molar-refractivity contribution is 0.628. The average Bonchev–Trinajstić information content (AvgIpc) is 4.24. The summed E-state index contributed by atoms with van der Waals surface area (Å²) in [6.45, 7) is 0. The Labute approximate surface area is 418 Å². The van der Waals surface area contributed by atoms with Gasteiger partial charge in [0.1, 0.15) is 23.3 Å². The van der Waals surface area contributed by atoms with Gasteiger partial charge in [-0.1, -0.05) is 103 Å². The highest BCUT2D eigenvalue weighted by molar-refractivity contribution is 6.11. The molecule has 10 heteroatoms. The third-order valence-corrected chi connectivity index (χ3v) is 15.6. The summed E-state index contributed by atoms with van der Waals surface area (Å²) in [5.41, 5.74) is 14.3. The Morgan fingerprint density at radius 2 is 0.689 bits per heavy atom. The lowest BCUT2D eigenvalue weighted by Gasteiger charge is -2.31. The summed E-state index contributed by atoms with van der Waals surface area (Å²) in [6, 6.07) is 65.1. The first-order valence-corrected chi connectivity index (χ1v) is 24.3. The Morgan fingerprint density at radius 1 is 0.297 bits per heavy atom. The normalized spacial score (nSPS) is 14.5. The van der Waals surface area contributed by atoms with E-state index < -0.39 is 28.7 Å². The number of nitrogens with zero attached hydrogens (tertiary/aromatic N) is 6. The van der Waals surface area contributed by atoms with Crippen LogP contribution in [0.5, 0.6) is 0 Å². The minimum atomic E-state index is -0.775. The molecule has 14 aromatic rings. The summed E-state index contributed by atoms with van der Waals surface area (Å²) in [4.78, 5) is 15.8. The molecule has 0 N–H and O–H groups in total. The van der Waals surface area contributed by atoms with E-state index in [0.29, 0.717) is 55.0 Å². The molecular weight excluding hydrogens is 929 g/mol. The van der Waals surface area contributed by atoms with Crippen LogP contribution in [-0.4, -0.2) is 28.7 Å². The van der Waals surface area contributed by atoms with Crippen molar-refractivity contribution in [3.05, 3.63) is 252 Å². The van der Waals surface area contributed by atoms with Crippen LogP contribution in [-0.2, 0) is 5.41 Å². The van der Waals surface area contributed by atoms with Gasteiger partial charge in [0.25, 0.3) is 0 Å². The maximum atomic E-state index is 15.1. The lowest BCUT2D eigenvalue weighted by atomic mass is 9.70. The summed E-state index contributed by atoms with van der Waals surface area (Å²) in [7, 11) is 0. The number of benzene rings is 10. The standard InChI is InChI=1S/C64H34F4N6/c65-36-18-25-57-47(30-36)48-31-37(66)19-26-58(48)73(57)62-69-61(70-63(71-62)74-59-27-20-38(67)32-49(59)50-33-39(68)21-28-60(50)74)35-17-23-43-41-9-1-5-13-51(41)64(53(43)29-35)52-14-6-2-10-42(52)44-24-22-40(34-54(44)64)72-55-15-7-3-11-45(55)46-12-4-8-16-56(46)72/h1-34H. The van der Waals surface area contributed by atoms with Gasteiger partial charge in [0.15, 0.2) is 5.82 Å². The van der Waals surface area contributed by atoms with Gasteiger partial charge in [-0.25, -0.2) is 17.6 Å². The largest absolute Gasteiger partial charge is 0.309 e. The first kappa shape index (κ1) is 41.0. The molecule has 1 spiro atoms. The van der Waals surface area contributed by atoms with Crippen molar-refractivity contribution >= 4 is 65.4 Å². The first-order chi connectivity index (χ1) is 36.3. The van der Waals surface area contributed by atoms with Crippen molar-refractivity contribution < 1.29 is 17.6 Å². The van der Waals surface area contributed by atoms with E-state index in [0.717, 1.165) is 61.2 Å². The number of hydrogen-bond donors (Lipinski definition) is 0. The van der Waals surface area contributed by atoms with Crippen molar-refractivity contribution in [2.45, 2.75) is 5.41 Å². The van der Waals surface area contributed by atoms with Gasteiger partial charge in [-0.3, -0.25) is 9.13 Å². The Morgan fingerprint density at radius 3 is 1.18 bits per heavy atom. The summed E-state index contributed by atoms with van der Waals surface area (Å²) < 4.78 is 66.3. The van der Waals surface area contributed by atoms with Gasteiger partial charge in [-0.05, 0) is 148 Å². The molecule has 74 heavy (non-hydrogen) atoms. The smallest absolute Gasteiger partial charge is 0.240 e. The minimum Gasteiger partial charge on any atom is -0.309 e. The van der Waals surface area contributed by atoms with Crippen LogP contribution < -0.4 is 0 Å². The Kier molecular flexibility index (Phi) is 8.15. The Balaban J connectivity index is 0.988. The van der Waals surface area contributed by atoms with Crippen LogP contribution in [0.15, 0.2) is 206 Å². The molecule has 6 nitrogen and oxygen atoms in total. The van der Waals surface area contributed by atoms with E-state index in [4.69, 9.17) is 15.0 Å². The SMILES string of the molecule is Fc1ccc2c(c1)c1cc(F)ccc1n2-c1nc(-c2ccc3c(c2)C2(c4ccccc4-3)c3ccccc3-c3ccc(-n4c5ccccc5c5ccccc54)cc32)nc(-n2c3ccc(F)cc3c3cc(F)ccc32)n1. The third-order valence-electron chi connectivity index (χ3n) is 15.6. The van der Waals surface area contributed by atoms with Crippen LogP contribution in [0.25, 0.3) is 117 Å². The Bertz CT molecular complexity index is 4490. The van der Waals surface area contributed by atoms with Gasteiger partial charge in [0.2, 0.25) is 11.9 Å². The van der Waals surface area contributed by atoms with E-state index in [9.17, 15) is 0 Å². The monoisotopic (exact) mass is 962 g/mol. The van der Waals surface area contributed by atoms with Crippen molar-refractivity contribution in [2.75, 3.05) is 0 Å². The third kappa shape index (κ3) is 5.40. The van der Waals surface area contributed by atoms with Crippen LogP contribution in [0.3, 0.4) is 0 Å². The summed E-state index contributed by atoms with van der Waals surface area (Å²) in [5, 5.41) is 4.26. The molecule has 1 atom stereocenters. The van der Waals surface area contributed by atoms with E-state index in [-0.39, 0.29) is 11.9 Å². The van der Waals surface area contributed by atoms with Crippen molar-refractivity contribution in [3.63, 3.8) is 0 Å². The van der Waals surface area contributed by atoms with Crippen molar-refractivity contribution in [2.24, 2.45) is 0 Å². The van der Waals surface area contributed by atoms with E-state index in [1.54, 1.807) is 33.4 Å². The van der Waals surface area contributed by atoms with Crippen molar-refractivity contribution in [1.82, 2.24) is 28.7 Å². The number of aromatic nitrogens is 6. The second-order valence-corrected chi connectivity index (χ2v) is 19.3. The van der Waals surface area contributed by atoms with Gasteiger partial charge in [-0.15, -0.1) is 0 Å². The van der Waals surface area contributed by atoms with Gasteiger partial charge in [0.05, 0.1) is 38.5 Å². The molecule has 4 aromatic heterocycles. The fourth-order valence-electron chi connectivity index (χ4n) is 12.7. The average molecular weight is 963 g/mol. The molecule has 0 saturated heterocycles. The summed E-state index contributed by atoms with van der Waals surface area (Å²) in [6.07, 6.45) is 0. The molecule has 0 saturated carbocycles. The van der Waals surface area contributed by atoms with Gasteiger partial charge < -0.3 is 4.57 Å². The number of fused-ring (bicyclic) bond motifs is 19. The van der Waals surface area contributed by atoms with Gasteiger partial charge in [-0.2, -0.15) is 15.0 Å². The predicted octanol–water partition coefficient (Wildman–Crippen LogP) is 15.7. The maximum absolute atomic E-state index is 15.1. The number of rotatable bonds is 4. The highest BCUT2D eigenvalue weighted by Crippen LogP contribution is 2.63. The minimum absolute atomic E-state index is 0.174. The van der Waals surface area contributed by atoms with Crippen LogP contribution in [0.2, 0.25) is 0 Å². The molecule has 1 unspecified atom stereocenters. The predicted molar refractivity (Wildman–Crippen MR) is 284 cm³/mol. The molecule has 2 aliphatic rings. The molecular formula is C64H34F4N6. The first-order valence-electron chi connectivity index (χ1n) is 24.3.